The van der Waals surface area contributed by atoms with Crippen molar-refractivity contribution in [1.82, 2.24) is 4.98 Å². The van der Waals surface area contributed by atoms with Gasteiger partial charge in [0.25, 0.3) is 0 Å². The highest BCUT2D eigenvalue weighted by atomic mass is 16.5. The smallest absolute Gasteiger partial charge is 0.375 e. The lowest BCUT2D eigenvalue weighted by Crippen LogP contribution is -2.08. The van der Waals surface area contributed by atoms with Crippen molar-refractivity contribution in [3.8, 4) is 11.5 Å². The number of fused-ring (bicyclic) bond motifs is 1. The number of oxazole rings is 1. The van der Waals surface area contributed by atoms with Crippen LogP contribution in [0.1, 0.15) is 27.6 Å². The van der Waals surface area contributed by atoms with E-state index in [0.717, 1.165) is 10.9 Å². The van der Waals surface area contributed by atoms with Gasteiger partial charge in [-0.15, -0.1) is 0 Å². The summed E-state index contributed by atoms with van der Waals surface area (Å²) in [7, 11) is 1.57. The molecule has 0 unspecified atom stereocenters. The Kier molecular flexibility index (Phi) is 4.95. The number of para-hydroxylation sites is 1. The molecule has 2 aromatic carbocycles. The second kappa shape index (κ2) is 7.70. The van der Waals surface area contributed by atoms with Gasteiger partial charge in [-0.05, 0) is 25.1 Å². The van der Waals surface area contributed by atoms with Crippen LogP contribution in [0.4, 0.5) is 0 Å². The fourth-order valence-electron chi connectivity index (χ4n) is 3.02. The molecule has 4 rings (SSSR count). The molecule has 28 heavy (non-hydrogen) atoms. The maximum absolute atomic E-state index is 12.6. The molecule has 6 nitrogen and oxygen atoms in total. The van der Waals surface area contributed by atoms with Gasteiger partial charge in [-0.1, -0.05) is 36.4 Å². The maximum Gasteiger partial charge on any atom is 0.375 e. The monoisotopic (exact) mass is 377 g/mol. The van der Waals surface area contributed by atoms with E-state index in [9.17, 15) is 4.79 Å². The van der Waals surface area contributed by atoms with Crippen molar-refractivity contribution in [2.24, 2.45) is 0 Å². The number of aromatic nitrogens is 1. The topological polar surface area (TPSA) is 74.7 Å². The molecule has 142 valence electrons. The third-order valence-electron chi connectivity index (χ3n) is 4.43. The highest BCUT2D eigenvalue weighted by Gasteiger charge is 2.22. The number of furan rings is 1. The van der Waals surface area contributed by atoms with Crippen LogP contribution in [0.5, 0.6) is 0 Å². The minimum Gasteiger partial charge on any atom is -0.453 e. The number of benzene rings is 2. The molecule has 0 atom stereocenters. The number of hydrogen-bond acceptors (Lipinski definition) is 6. The number of rotatable bonds is 6. The van der Waals surface area contributed by atoms with Crippen molar-refractivity contribution in [3.63, 3.8) is 0 Å². The van der Waals surface area contributed by atoms with Gasteiger partial charge in [-0.3, -0.25) is 0 Å². The quantitative estimate of drug-likeness (QED) is 0.445. The summed E-state index contributed by atoms with van der Waals surface area (Å²) in [5.41, 5.74) is 2.72. The van der Waals surface area contributed by atoms with Crippen molar-refractivity contribution >= 4 is 16.9 Å². The molecule has 6 heteroatoms. The Morgan fingerprint density at radius 3 is 2.54 bits per heavy atom. The number of ether oxygens (including phenoxy) is 2. The van der Waals surface area contributed by atoms with Crippen molar-refractivity contribution in [1.29, 1.82) is 0 Å². The van der Waals surface area contributed by atoms with Crippen molar-refractivity contribution < 1.29 is 23.1 Å². The highest BCUT2D eigenvalue weighted by Crippen LogP contribution is 2.28. The zero-order valence-corrected chi connectivity index (χ0v) is 15.6. The van der Waals surface area contributed by atoms with Gasteiger partial charge in [0.15, 0.2) is 0 Å². The first-order chi connectivity index (χ1) is 13.7. The Morgan fingerprint density at radius 1 is 1.00 bits per heavy atom. The summed E-state index contributed by atoms with van der Waals surface area (Å²) in [4.78, 5) is 17.1. The molecule has 2 aromatic heterocycles. The standard InChI is InChI=1S/C22H19NO5/c1-14-18(23-21(27-14)15-8-4-3-5-9-15)13-26-22(24)20-17(12-25-2)16-10-6-7-11-19(16)28-20/h3-11H,12-13H2,1-2H3. The second-order valence-corrected chi connectivity index (χ2v) is 6.30. The molecule has 0 amide bonds. The first kappa shape index (κ1) is 18.0. The van der Waals surface area contributed by atoms with Gasteiger partial charge >= 0.3 is 5.97 Å². The molecule has 0 fully saturated rings. The molecular formula is C22H19NO5. The molecular weight excluding hydrogens is 358 g/mol. The second-order valence-electron chi connectivity index (χ2n) is 6.30. The number of methoxy groups -OCH3 is 1. The van der Waals surface area contributed by atoms with Gasteiger partial charge in [-0.2, -0.15) is 0 Å². The molecule has 0 aliphatic rings. The van der Waals surface area contributed by atoms with E-state index in [0.29, 0.717) is 28.5 Å². The summed E-state index contributed by atoms with van der Waals surface area (Å²) in [5, 5.41) is 0.834. The Morgan fingerprint density at radius 2 is 1.75 bits per heavy atom. The van der Waals surface area contributed by atoms with E-state index < -0.39 is 5.97 Å². The van der Waals surface area contributed by atoms with Crippen LogP contribution in [0.15, 0.2) is 63.4 Å². The van der Waals surface area contributed by atoms with Gasteiger partial charge in [0.2, 0.25) is 11.7 Å². The van der Waals surface area contributed by atoms with Gasteiger partial charge in [-0.25, -0.2) is 9.78 Å². The van der Waals surface area contributed by atoms with Crippen molar-refractivity contribution in [2.75, 3.05) is 7.11 Å². The summed E-state index contributed by atoms with van der Waals surface area (Å²) < 4.78 is 22.1. The molecule has 0 saturated heterocycles. The molecule has 0 spiro atoms. The van der Waals surface area contributed by atoms with E-state index >= 15 is 0 Å². The molecule has 0 aliphatic heterocycles. The number of carbonyl (C=O) groups excluding carboxylic acids is 1. The Balaban J connectivity index is 1.55. The van der Waals surface area contributed by atoms with E-state index in [4.69, 9.17) is 18.3 Å². The highest BCUT2D eigenvalue weighted by molar-refractivity contribution is 5.96. The summed E-state index contributed by atoms with van der Waals surface area (Å²) in [6, 6.07) is 17.0. The summed E-state index contributed by atoms with van der Waals surface area (Å²) in [6.07, 6.45) is 0. The zero-order chi connectivity index (χ0) is 19.5. The number of nitrogens with zero attached hydrogens (tertiary/aromatic N) is 1. The lowest BCUT2D eigenvalue weighted by molar-refractivity contribution is 0.0427. The fourth-order valence-corrected chi connectivity index (χ4v) is 3.02. The average Bonchev–Trinajstić information content (AvgIpc) is 3.28. The van der Waals surface area contributed by atoms with Crippen LogP contribution in [0.2, 0.25) is 0 Å². The van der Waals surface area contributed by atoms with Crippen molar-refractivity contribution in [2.45, 2.75) is 20.1 Å². The van der Waals surface area contributed by atoms with E-state index in [2.05, 4.69) is 4.98 Å². The Labute approximate surface area is 161 Å². The summed E-state index contributed by atoms with van der Waals surface area (Å²) >= 11 is 0. The Bertz CT molecular complexity index is 1110. The molecule has 0 bridgehead atoms. The van der Waals surface area contributed by atoms with E-state index in [1.54, 1.807) is 20.1 Å². The number of carbonyl (C=O) groups is 1. The summed E-state index contributed by atoms with van der Waals surface area (Å²) in [6.45, 7) is 2.03. The normalized spacial score (nSPS) is 11.1. The minimum atomic E-state index is -0.563. The van der Waals surface area contributed by atoms with E-state index in [-0.39, 0.29) is 19.0 Å². The average molecular weight is 377 g/mol. The van der Waals surface area contributed by atoms with Gasteiger partial charge < -0.3 is 18.3 Å². The van der Waals surface area contributed by atoms with Crippen LogP contribution in [0, 0.1) is 6.92 Å². The van der Waals surface area contributed by atoms with Gasteiger partial charge in [0.05, 0.1) is 6.61 Å². The largest absolute Gasteiger partial charge is 0.453 e. The fraction of sp³-hybridized carbons (Fsp3) is 0.182. The van der Waals surface area contributed by atoms with Crippen LogP contribution in [-0.2, 0) is 22.7 Å². The van der Waals surface area contributed by atoms with Crippen molar-refractivity contribution in [3.05, 3.63) is 77.4 Å². The number of aryl methyl sites for hydroxylation is 1. The zero-order valence-electron chi connectivity index (χ0n) is 15.6. The molecule has 0 N–H and O–H groups in total. The first-order valence-corrected chi connectivity index (χ1v) is 8.85. The Hall–Kier alpha value is -3.38. The van der Waals surface area contributed by atoms with Crippen LogP contribution in [-0.4, -0.2) is 18.1 Å². The van der Waals surface area contributed by atoms with Crippen LogP contribution < -0.4 is 0 Å². The van der Waals surface area contributed by atoms with E-state index in [1.807, 2.05) is 48.5 Å². The minimum absolute atomic E-state index is 0.00946. The number of esters is 1. The maximum atomic E-state index is 12.6. The molecule has 0 saturated carbocycles. The van der Waals surface area contributed by atoms with Crippen LogP contribution in [0.3, 0.4) is 0 Å². The van der Waals surface area contributed by atoms with Crippen LogP contribution in [0.25, 0.3) is 22.4 Å². The van der Waals surface area contributed by atoms with Crippen LogP contribution >= 0.6 is 0 Å². The molecule has 4 aromatic rings. The third-order valence-corrected chi connectivity index (χ3v) is 4.43. The molecule has 0 radical (unpaired) electrons. The predicted molar refractivity (Wildman–Crippen MR) is 103 cm³/mol. The number of hydrogen-bond donors (Lipinski definition) is 0. The third kappa shape index (κ3) is 3.42. The molecule has 0 aliphatic carbocycles. The lowest BCUT2D eigenvalue weighted by Gasteiger charge is -2.03. The van der Waals surface area contributed by atoms with Gasteiger partial charge in [0, 0.05) is 23.6 Å². The predicted octanol–water partition coefficient (Wildman–Crippen LogP) is 4.90. The van der Waals surface area contributed by atoms with Gasteiger partial charge in [0.1, 0.15) is 23.6 Å². The lowest BCUT2D eigenvalue weighted by atomic mass is 10.1. The molecule has 2 heterocycles. The summed E-state index contributed by atoms with van der Waals surface area (Å²) in [5.74, 6) is 0.681. The first-order valence-electron chi connectivity index (χ1n) is 8.85. The SMILES string of the molecule is COCc1c(C(=O)OCc2nc(-c3ccccc3)oc2C)oc2ccccc12. The van der Waals surface area contributed by atoms with E-state index in [1.165, 1.54) is 0 Å².